The third-order valence-corrected chi connectivity index (χ3v) is 3.91. The molecular formula is C15H20N2S. The van der Waals surface area contributed by atoms with Crippen molar-refractivity contribution in [3.05, 3.63) is 46.2 Å². The average molecular weight is 260 g/mol. The molecule has 1 N–H and O–H groups in total. The van der Waals surface area contributed by atoms with Crippen LogP contribution in [0.3, 0.4) is 0 Å². The Morgan fingerprint density at radius 1 is 1.22 bits per heavy atom. The largest absolute Gasteiger partial charge is 0.385 e. The molecule has 3 heteroatoms. The third-order valence-electron chi connectivity index (χ3n) is 2.97. The minimum absolute atomic E-state index is 0.983. The Morgan fingerprint density at radius 3 is 2.72 bits per heavy atom. The Hall–Kier alpha value is -1.48. The van der Waals surface area contributed by atoms with Crippen LogP contribution in [0.2, 0.25) is 0 Å². The van der Waals surface area contributed by atoms with Gasteiger partial charge in [-0.2, -0.15) is 0 Å². The van der Waals surface area contributed by atoms with Gasteiger partial charge in [-0.15, -0.1) is 11.3 Å². The predicted octanol–water partition coefficient (Wildman–Crippen LogP) is 3.78. The van der Waals surface area contributed by atoms with Gasteiger partial charge < -0.3 is 10.2 Å². The molecule has 2 nitrogen and oxygen atoms in total. The number of nitrogens with one attached hydrogen (secondary N) is 1. The normalized spacial score (nSPS) is 10.4. The highest BCUT2D eigenvalue weighted by Gasteiger charge is 2.02. The molecule has 2 aromatic rings. The van der Waals surface area contributed by atoms with Crippen molar-refractivity contribution in [1.29, 1.82) is 0 Å². The van der Waals surface area contributed by atoms with Gasteiger partial charge in [0, 0.05) is 36.9 Å². The second-order valence-corrected chi connectivity index (χ2v) is 5.68. The maximum absolute atomic E-state index is 3.49. The molecule has 0 saturated heterocycles. The van der Waals surface area contributed by atoms with Crippen LogP contribution in [0.25, 0.3) is 0 Å². The first-order chi connectivity index (χ1) is 8.66. The number of thiophene rings is 1. The topological polar surface area (TPSA) is 15.3 Å². The molecule has 0 aliphatic heterocycles. The van der Waals surface area contributed by atoms with Crippen LogP contribution in [0.15, 0.2) is 35.7 Å². The van der Waals surface area contributed by atoms with Gasteiger partial charge in [0.1, 0.15) is 0 Å². The minimum Gasteiger partial charge on any atom is -0.385 e. The summed E-state index contributed by atoms with van der Waals surface area (Å²) in [6.45, 7) is 3.13. The molecule has 1 aromatic carbocycles. The van der Waals surface area contributed by atoms with Gasteiger partial charge in [0.2, 0.25) is 0 Å². The third kappa shape index (κ3) is 3.26. The molecule has 0 radical (unpaired) electrons. The van der Waals surface area contributed by atoms with Gasteiger partial charge in [-0.1, -0.05) is 12.1 Å². The molecule has 0 unspecified atom stereocenters. The zero-order valence-electron chi connectivity index (χ0n) is 11.2. The van der Waals surface area contributed by atoms with Crippen LogP contribution in [0.4, 0.5) is 11.4 Å². The quantitative estimate of drug-likeness (QED) is 0.880. The molecule has 2 rings (SSSR count). The van der Waals surface area contributed by atoms with Crippen LogP contribution < -0.4 is 10.2 Å². The summed E-state index contributed by atoms with van der Waals surface area (Å²) in [6.07, 6.45) is 1.09. The molecule has 1 heterocycles. The summed E-state index contributed by atoms with van der Waals surface area (Å²) >= 11 is 1.82. The fourth-order valence-electron chi connectivity index (χ4n) is 1.99. The zero-order valence-corrected chi connectivity index (χ0v) is 12.1. The van der Waals surface area contributed by atoms with Crippen LogP contribution in [0, 0.1) is 6.92 Å². The van der Waals surface area contributed by atoms with Crippen LogP contribution in [-0.2, 0) is 6.42 Å². The number of anilines is 2. The summed E-state index contributed by atoms with van der Waals surface area (Å²) in [4.78, 5) is 3.59. The molecule has 0 aliphatic carbocycles. The van der Waals surface area contributed by atoms with Crippen molar-refractivity contribution in [3.63, 3.8) is 0 Å². The summed E-state index contributed by atoms with van der Waals surface area (Å²) in [5, 5.41) is 5.62. The van der Waals surface area contributed by atoms with Gasteiger partial charge in [0.15, 0.2) is 0 Å². The lowest BCUT2D eigenvalue weighted by molar-refractivity contribution is 1.04. The Morgan fingerprint density at radius 2 is 2.06 bits per heavy atom. The van der Waals surface area contributed by atoms with Crippen LogP contribution in [0.5, 0.6) is 0 Å². The second-order valence-electron chi connectivity index (χ2n) is 4.65. The molecule has 0 fully saturated rings. The fraction of sp³-hybridized carbons (Fsp3) is 0.333. The van der Waals surface area contributed by atoms with Crippen molar-refractivity contribution in [3.8, 4) is 0 Å². The monoisotopic (exact) mass is 260 g/mol. The van der Waals surface area contributed by atoms with Gasteiger partial charge in [0.25, 0.3) is 0 Å². The molecule has 0 aliphatic rings. The number of hydrogen-bond donors (Lipinski definition) is 1. The molecular weight excluding hydrogens is 240 g/mol. The van der Waals surface area contributed by atoms with E-state index in [1.165, 1.54) is 21.8 Å². The summed E-state index contributed by atoms with van der Waals surface area (Å²) in [7, 11) is 4.16. The molecule has 96 valence electrons. The SMILES string of the molecule is Cc1ccc(NCCc2cccs2)cc1N(C)C. The Bertz CT molecular complexity index is 489. The van der Waals surface area contributed by atoms with Gasteiger partial charge in [-0.25, -0.2) is 0 Å². The Kier molecular flexibility index (Phi) is 4.26. The highest BCUT2D eigenvalue weighted by Crippen LogP contribution is 2.22. The van der Waals surface area contributed by atoms with E-state index in [1.54, 1.807) is 0 Å². The summed E-state index contributed by atoms with van der Waals surface area (Å²) in [5.41, 5.74) is 3.78. The molecule has 0 amide bonds. The van der Waals surface area contributed by atoms with E-state index in [9.17, 15) is 0 Å². The summed E-state index contributed by atoms with van der Waals surface area (Å²) < 4.78 is 0. The number of rotatable bonds is 5. The van der Waals surface area contributed by atoms with Crippen LogP contribution in [0.1, 0.15) is 10.4 Å². The summed E-state index contributed by atoms with van der Waals surface area (Å²) in [6, 6.07) is 10.8. The second kappa shape index (κ2) is 5.91. The highest BCUT2D eigenvalue weighted by atomic mass is 32.1. The van der Waals surface area contributed by atoms with Crippen molar-refractivity contribution >= 4 is 22.7 Å². The van der Waals surface area contributed by atoms with Crippen LogP contribution >= 0.6 is 11.3 Å². The predicted molar refractivity (Wildman–Crippen MR) is 82.0 cm³/mol. The first kappa shape index (κ1) is 13.0. The Balaban J connectivity index is 1.95. The zero-order chi connectivity index (χ0) is 13.0. The first-order valence-electron chi connectivity index (χ1n) is 6.21. The van der Waals surface area contributed by atoms with E-state index in [4.69, 9.17) is 0 Å². The van der Waals surface area contributed by atoms with Crippen molar-refractivity contribution in [2.45, 2.75) is 13.3 Å². The van der Waals surface area contributed by atoms with Gasteiger partial charge in [0.05, 0.1) is 0 Å². The minimum atomic E-state index is 0.983. The van der Waals surface area contributed by atoms with E-state index in [0.29, 0.717) is 0 Å². The van der Waals surface area contributed by atoms with Crippen molar-refractivity contribution < 1.29 is 0 Å². The van der Waals surface area contributed by atoms with E-state index in [2.05, 4.69) is 66.9 Å². The fourth-order valence-corrected chi connectivity index (χ4v) is 2.70. The van der Waals surface area contributed by atoms with Gasteiger partial charge in [-0.05, 0) is 42.5 Å². The van der Waals surface area contributed by atoms with E-state index in [-0.39, 0.29) is 0 Å². The van der Waals surface area contributed by atoms with Crippen molar-refractivity contribution in [1.82, 2.24) is 0 Å². The maximum Gasteiger partial charge on any atom is 0.0411 e. The van der Waals surface area contributed by atoms with E-state index >= 15 is 0 Å². The number of hydrogen-bond acceptors (Lipinski definition) is 3. The van der Waals surface area contributed by atoms with Crippen LogP contribution in [-0.4, -0.2) is 20.6 Å². The van der Waals surface area contributed by atoms with E-state index < -0.39 is 0 Å². The van der Waals surface area contributed by atoms with Gasteiger partial charge >= 0.3 is 0 Å². The summed E-state index contributed by atoms with van der Waals surface area (Å²) in [5.74, 6) is 0. The van der Waals surface area contributed by atoms with Crippen molar-refractivity contribution in [2.24, 2.45) is 0 Å². The standard InChI is InChI=1S/C15H20N2S/c1-12-6-7-13(11-15(12)17(2)3)16-9-8-14-5-4-10-18-14/h4-7,10-11,16H,8-9H2,1-3H3. The lowest BCUT2D eigenvalue weighted by atomic mass is 10.1. The molecule has 0 atom stereocenters. The number of nitrogens with zero attached hydrogens (tertiary/aromatic N) is 1. The van der Waals surface area contributed by atoms with E-state index in [0.717, 1.165) is 13.0 Å². The molecule has 0 bridgehead atoms. The van der Waals surface area contributed by atoms with Gasteiger partial charge in [-0.3, -0.25) is 0 Å². The highest BCUT2D eigenvalue weighted by molar-refractivity contribution is 7.09. The van der Waals surface area contributed by atoms with Crippen molar-refractivity contribution in [2.75, 3.05) is 30.9 Å². The molecule has 18 heavy (non-hydrogen) atoms. The Labute approximate surface area is 113 Å². The molecule has 0 saturated carbocycles. The average Bonchev–Trinajstić information content (AvgIpc) is 2.84. The first-order valence-corrected chi connectivity index (χ1v) is 7.09. The molecule has 1 aromatic heterocycles. The van der Waals surface area contributed by atoms with E-state index in [1.807, 2.05) is 11.3 Å². The number of aryl methyl sites for hydroxylation is 1. The maximum atomic E-state index is 3.49. The number of benzene rings is 1. The smallest absolute Gasteiger partial charge is 0.0411 e. The lowest BCUT2D eigenvalue weighted by Crippen LogP contribution is -2.11. The molecule has 0 spiro atoms. The lowest BCUT2D eigenvalue weighted by Gasteiger charge is -2.17.